The first-order valence-electron chi connectivity index (χ1n) is 15.6. The first-order chi connectivity index (χ1) is 19.8. The Morgan fingerprint density at radius 3 is 1.49 bits per heavy atom. The minimum Gasteiger partial charge on any atom is -0.457 e. The van der Waals surface area contributed by atoms with Gasteiger partial charge in [-0.15, -0.1) is 0 Å². The molecule has 10 nitrogen and oxygen atoms in total. The van der Waals surface area contributed by atoms with Gasteiger partial charge in [-0.2, -0.15) is 0 Å². The maximum atomic E-state index is 12.2. The summed E-state index contributed by atoms with van der Waals surface area (Å²) in [5.74, 6) is -1.04. The van der Waals surface area contributed by atoms with Gasteiger partial charge in [0.2, 0.25) is 0 Å². The summed E-state index contributed by atoms with van der Waals surface area (Å²) in [5.41, 5.74) is 0. The van der Waals surface area contributed by atoms with Gasteiger partial charge in [0.25, 0.3) is 0 Å². The Labute approximate surface area is 247 Å². The molecule has 0 saturated heterocycles. The van der Waals surface area contributed by atoms with Crippen LogP contribution in [0.4, 0.5) is 0 Å². The molecule has 0 aromatic heterocycles. The minimum atomic E-state index is -4.61. The van der Waals surface area contributed by atoms with Crippen LogP contribution in [-0.2, 0) is 32.7 Å². The molecule has 0 aromatic carbocycles. The molecule has 0 aliphatic heterocycles. The van der Waals surface area contributed by atoms with E-state index >= 15 is 0 Å². The monoisotopic (exact) mass is 608 g/mol. The number of phosphoric ester groups is 1. The lowest BCUT2D eigenvalue weighted by atomic mass is 10.1. The standard InChI is InChI=1S/C30H57O10P/c1-3-5-7-9-11-13-14-16-18-20-22-30(34)40-28(24-32)26-38-41(35,36)37-25-27(23-31)39-29(33)21-19-17-15-12-10-8-6-4-2/h7,9,27-28,31-32H,3-6,8,10-26H2,1-2H3,(H,35,36)/b9-7-. The van der Waals surface area contributed by atoms with Crippen molar-refractivity contribution in [2.75, 3.05) is 26.4 Å². The SMILES string of the molecule is CCC/C=C\CCCCCCCC(=O)OC(CO)COP(=O)(O)OCC(CO)OC(=O)CCCCCCCCCC. The molecule has 0 heterocycles. The highest BCUT2D eigenvalue weighted by Crippen LogP contribution is 2.43. The van der Waals surface area contributed by atoms with Crippen LogP contribution in [-0.4, -0.2) is 65.7 Å². The number of carbonyl (C=O) groups is 2. The summed E-state index contributed by atoms with van der Waals surface area (Å²) in [4.78, 5) is 34.0. The molecular weight excluding hydrogens is 551 g/mol. The average molecular weight is 609 g/mol. The van der Waals surface area contributed by atoms with Crippen LogP contribution >= 0.6 is 7.82 Å². The van der Waals surface area contributed by atoms with Gasteiger partial charge in [-0.05, 0) is 32.1 Å². The van der Waals surface area contributed by atoms with Gasteiger partial charge in [-0.1, -0.05) is 96.6 Å². The van der Waals surface area contributed by atoms with Crippen LogP contribution in [0.3, 0.4) is 0 Å². The minimum absolute atomic E-state index is 0.183. The Kier molecular flexibility index (Phi) is 26.7. The number of carbonyl (C=O) groups excluding carboxylic acids is 2. The van der Waals surface area contributed by atoms with Crippen molar-refractivity contribution in [3.8, 4) is 0 Å². The molecule has 0 aliphatic rings. The maximum Gasteiger partial charge on any atom is 0.472 e. The van der Waals surface area contributed by atoms with Crippen LogP contribution in [0.5, 0.6) is 0 Å². The van der Waals surface area contributed by atoms with E-state index in [9.17, 15) is 29.3 Å². The number of allylic oxidation sites excluding steroid dienone is 2. The molecule has 0 amide bonds. The number of phosphoric acid groups is 1. The molecule has 3 unspecified atom stereocenters. The average Bonchev–Trinajstić information content (AvgIpc) is 2.95. The third-order valence-electron chi connectivity index (χ3n) is 6.46. The number of aliphatic hydroxyl groups excluding tert-OH is 2. The number of unbranched alkanes of at least 4 members (excludes halogenated alkanes) is 13. The number of aliphatic hydroxyl groups is 2. The first-order valence-corrected chi connectivity index (χ1v) is 17.1. The van der Waals surface area contributed by atoms with Gasteiger partial charge in [-0.3, -0.25) is 18.6 Å². The highest BCUT2D eigenvalue weighted by molar-refractivity contribution is 7.47. The van der Waals surface area contributed by atoms with Crippen molar-refractivity contribution >= 4 is 19.8 Å². The molecule has 0 bridgehead atoms. The largest absolute Gasteiger partial charge is 0.472 e. The van der Waals surface area contributed by atoms with Crippen LogP contribution < -0.4 is 0 Å². The molecule has 3 N–H and O–H groups in total. The molecule has 0 rings (SSSR count). The summed E-state index contributed by atoms with van der Waals surface area (Å²) in [6.07, 6.45) is 19.4. The Balaban J connectivity index is 4.10. The van der Waals surface area contributed by atoms with Crippen LogP contribution in [0, 0.1) is 0 Å². The Morgan fingerprint density at radius 1 is 0.634 bits per heavy atom. The highest BCUT2D eigenvalue weighted by atomic mass is 31.2. The molecule has 0 aliphatic carbocycles. The van der Waals surface area contributed by atoms with Crippen molar-refractivity contribution in [3.05, 3.63) is 12.2 Å². The topological polar surface area (TPSA) is 149 Å². The summed E-state index contributed by atoms with van der Waals surface area (Å²) in [5, 5.41) is 18.9. The van der Waals surface area contributed by atoms with Crippen LogP contribution in [0.1, 0.15) is 129 Å². The van der Waals surface area contributed by atoms with E-state index in [-0.39, 0.29) is 12.8 Å². The van der Waals surface area contributed by atoms with Gasteiger partial charge in [0.15, 0.2) is 0 Å². The molecule has 11 heteroatoms. The van der Waals surface area contributed by atoms with Gasteiger partial charge in [-0.25, -0.2) is 4.57 Å². The van der Waals surface area contributed by atoms with Gasteiger partial charge in [0.1, 0.15) is 12.2 Å². The first kappa shape index (κ1) is 39.7. The second-order valence-electron chi connectivity index (χ2n) is 10.4. The fourth-order valence-corrected chi connectivity index (χ4v) is 4.78. The quantitative estimate of drug-likeness (QED) is 0.0369. The number of hydrogen-bond donors (Lipinski definition) is 3. The second kappa shape index (κ2) is 27.5. The number of esters is 2. The third kappa shape index (κ3) is 26.1. The zero-order chi connectivity index (χ0) is 30.6. The number of hydrogen-bond acceptors (Lipinski definition) is 9. The predicted molar refractivity (Wildman–Crippen MR) is 159 cm³/mol. The molecular formula is C30H57O10P. The van der Waals surface area contributed by atoms with Gasteiger partial charge >= 0.3 is 19.8 Å². The molecule has 3 atom stereocenters. The summed E-state index contributed by atoms with van der Waals surface area (Å²) in [7, 11) is -4.61. The Bertz CT molecular complexity index is 715. The highest BCUT2D eigenvalue weighted by Gasteiger charge is 2.27. The van der Waals surface area contributed by atoms with Crippen molar-refractivity contribution in [2.45, 2.75) is 142 Å². The molecule has 0 saturated carbocycles. The van der Waals surface area contributed by atoms with Crippen molar-refractivity contribution in [1.29, 1.82) is 0 Å². The normalized spacial score (nSPS) is 14.6. The lowest BCUT2D eigenvalue weighted by molar-refractivity contribution is -0.153. The van der Waals surface area contributed by atoms with E-state index in [0.29, 0.717) is 12.8 Å². The molecule has 0 fully saturated rings. The molecule has 0 aromatic rings. The summed E-state index contributed by atoms with van der Waals surface area (Å²) >= 11 is 0. The van der Waals surface area contributed by atoms with Crippen LogP contribution in [0.15, 0.2) is 12.2 Å². The zero-order valence-corrected chi connectivity index (χ0v) is 26.4. The molecule has 41 heavy (non-hydrogen) atoms. The van der Waals surface area contributed by atoms with E-state index in [1.807, 2.05) is 0 Å². The van der Waals surface area contributed by atoms with E-state index in [1.165, 1.54) is 25.7 Å². The molecule has 242 valence electrons. The van der Waals surface area contributed by atoms with E-state index in [4.69, 9.17) is 18.5 Å². The van der Waals surface area contributed by atoms with E-state index < -0.39 is 58.4 Å². The van der Waals surface area contributed by atoms with E-state index in [1.54, 1.807) is 0 Å². The lowest BCUT2D eigenvalue weighted by Gasteiger charge is -2.20. The van der Waals surface area contributed by atoms with Crippen molar-refractivity contribution in [3.63, 3.8) is 0 Å². The Morgan fingerprint density at radius 2 is 1.05 bits per heavy atom. The zero-order valence-electron chi connectivity index (χ0n) is 25.5. The van der Waals surface area contributed by atoms with Crippen molar-refractivity contribution in [2.24, 2.45) is 0 Å². The number of ether oxygens (including phenoxy) is 2. The second-order valence-corrected chi connectivity index (χ2v) is 11.9. The van der Waals surface area contributed by atoms with Gasteiger partial charge in [0, 0.05) is 12.8 Å². The summed E-state index contributed by atoms with van der Waals surface area (Å²) in [6.45, 7) is 2.05. The van der Waals surface area contributed by atoms with Gasteiger partial charge in [0.05, 0.1) is 26.4 Å². The predicted octanol–water partition coefficient (Wildman–Crippen LogP) is 6.55. The lowest BCUT2D eigenvalue weighted by Crippen LogP contribution is -2.28. The Hall–Kier alpha value is -1.29. The third-order valence-corrected chi connectivity index (χ3v) is 7.41. The maximum absolute atomic E-state index is 12.2. The van der Waals surface area contributed by atoms with Crippen LogP contribution in [0.25, 0.3) is 0 Å². The fraction of sp³-hybridized carbons (Fsp3) is 0.867. The number of rotatable bonds is 29. The smallest absolute Gasteiger partial charge is 0.457 e. The van der Waals surface area contributed by atoms with Gasteiger partial charge < -0.3 is 24.6 Å². The van der Waals surface area contributed by atoms with Crippen molar-refractivity contribution in [1.82, 2.24) is 0 Å². The fourth-order valence-electron chi connectivity index (χ4n) is 4.00. The molecule has 0 spiro atoms. The van der Waals surface area contributed by atoms with E-state index in [0.717, 1.165) is 64.2 Å². The molecule has 0 radical (unpaired) electrons. The summed E-state index contributed by atoms with van der Waals surface area (Å²) in [6, 6.07) is 0. The van der Waals surface area contributed by atoms with Crippen molar-refractivity contribution < 1.29 is 47.8 Å². The van der Waals surface area contributed by atoms with E-state index in [2.05, 4.69) is 26.0 Å². The van der Waals surface area contributed by atoms with Crippen LogP contribution in [0.2, 0.25) is 0 Å². The summed E-state index contributed by atoms with van der Waals surface area (Å²) < 4.78 is 32.1.